The van der Waals surface area contributed by atoms with Gasteiger partial charge in [-0.05, 0) is 36.4 Å². The molecule has 1 aromatic heterocycles. The van der Waals surface area contributed by atoms with Crippen molar-refractivity contribution in [3.05, 3.63) is 91.3 Å². The molecule has 1 heterocycles. The third-order valence-corrected chi connectivity index (χ3v) is 3.30. The van der Waals surface area contributed by atoms with Gasteiger partial charge in [-0.25, -0.2) is 9.97 Å². The molecule has 0 unspecified atom stereocenters. The molecule has 2 N–H and O–H groups in total. The number of hydrogen-bond acceptors (Lipinski definition) is 4. The Morgan fingerprint density at radius 1 is 0.625 bits per heavy atom. The lowest BCUT2D eigenvalue weighted by Gasteiger charge is -2.03. The van der Waals surface area contributed by atoms with Gasteiger partial charge in [-0.2, -0.15) is 0 Å². The van der Waals surface area contributed by atoms with Gasteiger partial charge in [-0.3, -0.25) is 0 Å². The topological polar surface area (TPSA) is 61.0 Å². The van der Waals surface area contributed by atoms with E-state index >= 15 is 0 Å². The fraction of sp³-hybridized carbons (Fsp3) is 0. The Balaban J connectivity index is 0.000000143. The number of hydrogen-bond donors (Lipinski definition) is 1. The van der Waals surface area contributed by atoms with Gasteiger partial charge >= 0.3 is 0 Å². The van der Waals surface area contributed by atoms with E-state index in [0.29, 0.717) is 5.82 Å². The van der Waals surface area contributed by atoms with Gasteiger partial charge < -0.3 is 10.5 Å². The summed E-state index contributed by atoms with van der Waals surface area (Å²) < 4.78 is 5.58. The number of para-hydroxylation sites is 3. The summed E-state index contributed by atoms with van der Waals surface area (Å²) in [6.07, 6.45) is 1.47. The summed E-state index contributed by atoms with van der Waals surface area (Å²) in [4.78, 5) is 7.92. The third-order valence-electron chi connectivity index (χ3n) is 3.30. The number of benzene rings is 3. The highest BCUT2D eigenvalue weighted by Gasteiger charge is 1.95. The van der Waals surface area contributed by atoms with Crippen LogP contribution in [0.2, 0.25) is 0 Å². The molecule has 4 heteroatoms. The Morgan fingerprint density at radius 2 is 1.17 bits per heavy atom. The van der Waals surface area contributed by atoms with Crippen LogP contribution in [0.4, 0.5) is 5.82 Å². The van der Waals surface area contributed by atoms with Crippen LogP contribution in [0, 0.1) is 0 Å². The fourth-order valence-corrected chi connectivity index (χ4v) is 2.14. The normalized spacial score (nSPS) is 9.83. The van der Waals surface area contributed by atoms with Crippen molar-refractivity contribution in [1.29, 1.82) is 0 Å². The monoisotopic (exact) mass is 315 g/mol. The van der Waals surface area contributed by atoms with Crippen LogP contribution in [-0.2, 0) is 0 Å². The number of rotatable bonds is 2. The highest BCUT2D eigenvalue weighted by Crippen LogP contribution is 2.19. The van der Waals surface area contributed by atoms with Gasteiger partial charge in [0.25, 0.3) is 0 Å². The maximum Gasteiger partial charge on any atom is 0.134 e. The predicted octanol–water partition coefficient (Wildman–Crippen LogP) is 4.69. The molecular formula is C20H17N3O. The van der Waals surface area contributed by atoms with E-state index in [2.05, 4.69) is 9.97 Å². The first-order valence-electron chi connectivity index (χ1n) is 7.56. The van der Waals surface area contributed by atoms with E-state index < -0.39 is 0 Å². The largest absolute Gasteiger partial charge is 0.457 e. The molecular weight excluding hydrogens is 298 g/mol. The molecule has 0 atom stereocenters. The lowest BCUT2D eigenvalue weighted by Crippen LogP contribution is -1.91. The van der Waals surface area contributed by atoms with E-state index in [4.69, 9.17) is 10.5 Å². The van der Waals surface area contributed by atoms with E-state index in [1.807, 2.05) is 84.9 Å². The SMILES string of the molecule is Nc1ncnc2ccccc12.c1ccc(Oc2ccccc2)cc1. The smallest absolute Gasteiger partial charge is 0.134 e. The second kappa shape index (κ2) is 7.74. The van der Waals surface area contributed by atoms with Gasteiger partial charge in [0.15, 0.2) is 0 Å². The second-order valence-electron chi connectivity index (χ2n) is 5.00. The summed E-state index contributed by atoms with van der Waals surface area (Å²) in [5.74, 6) is 2.28. The predicted molar refractivity (Wildman–Crippen MR) is 96.9 cm³/mol. The van der Waals surface area contributed by atoms with Crippen LogP contribution in [0.3, 0.4) is 0 Å². The third kappa shape index (κ3) is 4.08. The van der Waals surface area contributed by atoms with Gasteiger partial charge in [-0.15, -0.1) is 0 Å². The van der Waals surface area contributed by atoms with Crippen molar-refractivity contribution < 1.29 is 4.74 Å². The zero-order valence-electron chi connectivity index (χ0n) is 13.0. The highest BCUT2D eigenvalue weighted by atomic mass is 16.5. The lowest BCUT2D eigenvalue weighted by molar-refractivity contribution is 0.482. The van der Waals surface area contributed by atoms with E-state index in [0.717, 1.165) is 22.4 Å². The van der Waals surface area contributed by atoms with E-state index in [1.54, 1.807) is 0 Å². The molecule has 0 radical (unpaired) electrons. The number of nitrogens with zero attached hydrogens (tertiary/aromatic N) is 2. The first kappa shape index (κ1) is 15.5. The molecule has 4 aromatic rings. The average molecular weight is 315 g/mol. The van der Waals surface area contributed by atoms with Crippen LogP contribution in [-0.4, -0.2) is 9.97 Å². The summed E-state index contributed by atoms with van der Waals surface area (Å²) >= 11 is 0. The Hall–Kier alpha value is -3.40. The van der Waals surface area contributed by atoms with Gasteiger partial charge in [0.2, 0.25) is 0 Å². The van der Waals surface area contributed by atoms with Crippen LogP contribution in [0.1, 0.15) is 0 Å². The number of nitrogen functional groups attached to an aromatic ring is 1. The number of aromatic nitrogens is 2. The number of nitrogens with two attached hydrogens (primary N) is 1. The maximum atomic E-state index is 5.61. The molecule has 24 heavy (non-hydrogen) atoms. The summed E-state index contributed by atoms with van der Waals surface area (Å²) in [7, 11) is 0. The van der Waals surface area contributed by atoms with Crippen LogP contribution < -0.4 is 10.5 Å². The molecule has 0 amide bonds. The molecule has 4 rings (SSSR count). The zero-order valence-corrected chi connectivity index (χ0v) is 13.0. The van der Waals surface area contributed by atoms with Crippen molar-refractivity contribution in [3.63, 3.8) is 0 Å². The molecule has 0 fully saturated rings. The Morgan fingerprint density at radius 3 is 1.75 bits per heavy atom. The summed E-state index contributed by atoms with van der Waals surface area (Å²) in [6, 6.07) is 27.2. The molecule has 0 aliphatic rings. The van der Waals surface area contributed by atoms with Crippen molar-refractivity contribution in [2.75, 3.05) is 5.73 Å². The molecule has 4 nitrogen and oxygen atoms in total. The first-order valence-corrected chi connectivity index (χ1v) is 7.56. The molecule has 0 aliphatic heterocycles. The van der Waals surface area contributed by atoms with Crippen LogP contribution in [0.5, 0.6) is 11.5 Å². The fourth-order valence-electron chi connectivity index (χ4n) is 2.14. The van der Waals surface area contributed by atoms with Gasteiger partial charge in [-0.1, -0.05) is 48.5 Å². The number of anilines is 1. The molecule has 0 saturated heterocycles. The van der Waals surface area contributed by atoms with Crippen molar-refractivity contribution in [2.24, 2.45) is 0 Å². The minimum Gasteiger partial charge on any atom is -0.457 e. The molecule has 0 bridgehead atoms. The molecule has 0 spiro atoms. The Bertz CT molecular complexity index is 853. The van der Waals surface area contributed by atoms with Gasteiger partial charge in [0.05, 0.1) is 5.52 Å². The van der Waals surface area contributed by atoms with Gasteiger partial charge in [0, 0.05) is 5.39 Å². The second-order valence-corrected chi connectivity index (χ2v) is 5.00. The first-order chi connectivity index (χ1) is 11.8. The molecule has 3 aromatic carbocycles. The van der Waals surface area contributed by atoms with Crippen molar-refractivity contribution in [2.45, 2.75) is 0 Å². The van der Waals surface area contributed by atoms with E-state index in [-0.39, 0.29) is 0 Å². The standard InChI is InChI=1S/C12H10O.C8H7N3/c1-3-7-11(8-4-1)13-12-9-5-2-6-10-12;9-8-6-3-1-2-4-7(6)10-5-11-8/h1-10H;1-5H,(H2,9,10,11). The summed E-state index contributed by atoms with van der Waals surface area (Å²) in [5.41, 5.74) is 6.49. The average Bonchev–Trinajstić information content (AvgIpc) is 2.65. The molecule has 0 aliphatic carbocycles. The van der Waals surface area contributed by atoms with Crippen LogP contribution in [0.25, 0.3) is 10.9 Å². The molecule has 0 saturated carbocycles. The number of fused-ring (bicyclic) bond motifs is 1. The maximum absolute atomic E-state index is 5.61. The lowest BCUT2D eigenvalue weighted by atomic mass is 10.2. The van der Waals surface area contributed by atoms with Crippen molar-refractivity contribution in [3.8, 4) is 11.5 Å². The van der Waals surface area contributed by atoms with Gasteiger partial charge in [0.1, 0.15) is 23.6 Å². The number of ether oxygens (including phenoxy) is 1. The van der Waals surface area contributed by atoms with Crippen LogP contribution >= 0.6 is 0 Å². The minimum atomic E-state index is 0.538. The quantitative estimate of drug-likeness (QED) is 0.583. The van der Waals surface area contributed by atoms with Crippen molar-refractivity contribution >= 4 is 16.7 Å². The summed E-state index contributed by atoms with van der Waals surface area (Å²) in [6.45, 7) is 0. The van der Waals surface area contributed by atoms with Crippen LogP contribution in [0.15, 0.2) is 91.3 Å². The van der Waals surface area contributed by atoms with E-state index in [9.17, 15) is 0 Å². The van der Waals surface area contributed by atoms with Crippen molar-refractivity contribution in [1.82, 2.24) is 9.97 Å². The Kier molecular flexibility index (Phi) is 5.00. The zero-order chi connectivity index (χ0) is 16.6. The summed E-state index contributed by atoms with van der Waals surface area (Å²) in [5, 5.41) is 0.912. The Labute approximate surface area is 140 Å². The minimum absolute atomic E-state index is 0.538. The molecule has 118 valence electrons. The highest BCUT2D eigenvalue weighted by molar-refractivity contribution is 5.87. The van der Waals surface area contributed by atoms with E-state index in [1.165, 1.54) is 6.33 Å².